The van der Waals surface area contributed by atoms with Crippen molar-refractivity contribution in [3.63, 3.8) is 0 Å². The molecule has 7 nitrogen and oxygen atoms in total. The number of aromatic amines is 1. The van der Waals surface area contributed by atoms with E-state index in [4.69, 9.17) is 9.15 Å². The fourth-order valence-electron chi connectivity index (χ4n) is 2.60. The number of hydrogen-bond acceptors (Lipinski definition) is 5. The van der Waals surface area contributed by atoms with Gasteiger partial charge in [0, 0.05) is 31.2 Å². The maximum Gasteiger partial charge on any atom is 0.349 e. The Balaban J connectivity index is 1.81. The molecule has 3 aromatic rings. The number of nitrogens with one attached hydrogen (secondary N) is 1. The maximum atomic E-state index is 12.6. The smallest absolute Gasteiger partial charge is 0.349 e. The van der Waals surface area contributed by atoms with Gasteiger partial charge in [-0.05, 0) is 44.0 Å². The second-order valence-electron chi connectivity index (χ2n) is 6.40. The molecular formula is C19H21N3O4. The van der Waals surface area contributed by atoms with Crippen LogP contribution in [0.3, 0.4) is 0 Å². The predicted molar refractivity (Wildman–Crippen MR) is 97.5 cm³/mol. The molecule has 0 unspecified atom stereocenters. The zero-order valence-corrected chi connectivity index (χ0v) is 15.0. The van der Waals surface area contributed by atoms with Crippen LogP contribution in [0.4, 0.5) is 0 Å². The van der Waals surface area contributed by atoms with Crippen LogP contribution >= 0.6 is 0 Å². The summed E-state index contributed by atoms with van der Waals surface area (Å²) in [5.41, 5.74) is 0.753. The molecule has 0 radical (unpaired) electrons. The van der Waals surface area contributed by atoms with E-state index >= 15 is 0 Å². The van der Waals surface area contributed by atoms with Crippen LogP contribution in [0, 0.1) is 0 Å². The molecule has 3 rings (SSSR count). The SMILES string of the molecule is CC(C)Oc1ccc2cc(C(=O)N(C)CCc3cn[nH]c3)c(=O)oc2c1. The molecule has 1 N–H and O–H groups in total. The monoisotopic (exact) mass is 355 g/mol. The van der Waals surface area contributed by atoms with E-state index in [0.29, 0.717) is 29.7 Å². The third-order valence-electron chi connectivity index (χ3n) is 3.95. The summed E-state index contributed by atoms with van der Waals surface area (Å²) in [7, 11) is 1.66. The van der Waals surface area contributed by atoms with Crippen molar-refractivity contribution < 1.29 is 13.9 Å². The maximum absolute atomic E-state index is 12.6. The molecule has 1 amide bonds. The number of likely N-dealkylation sites (N-methyl/N-ethyl adjacent to an activating group) is 1. The van der Waals surface area contributed by atoms with E-state index in [1.807, 2.05) is 13.8 Å². The second kappa shape index (κ2) is 7.43. The predicted octanol–water partition coefficient (Wildman–Crippen LogP) is 2.62. The molecule has 2 aromatic heterocycles. The molecule has 0 fully saturated rings. The highest BCUT2D eigenvalue weighted by Gasteiger charge is 2.18. The van der Waals surface area contributed by atoms with Crippen LogP contribution < -0.4 is 10.4 Å². The summed E-state index contributed by atoms with van der Waals surface area (Å²) in [6.45, 7) is 4.31. The lowest BCUT2D eigenvalue weighted by atomic mass is 10.1. The van der Waals surface area contributed by atoms with Gasteiger partial charge in [0.2, 0.25) is 0 Å². The molecule has 2 heterocycles. The van der Waals surface area contributed by atoms with Gasteiger partial charge in [-0.25, -0.2) is 4.79 Å². The number of rotatable bonds is 6. The molecule has 0 aliphatic carbocycles. The largest absolute Gasteiger partial charge is 0.491 e. The first kappa shape index (κ1) is 17.7. The number of nitrogens with zero attached hydrogens (tertiary/aromatic N) is 2. The van der Waals surface area contributed by atoms with E-state index in [2.05, 4.69) is 10.2 Å². The second-order valence-corrected chi connectivity index (χ2v) is 6.40. The zero-order chi connectivity index (χ0) is 18.7. The number of hydrogen-bond donors (Lipinski definition) is 1. The summed E-state index contributed by atoms with van der Waals surface area (Å²) in [6.07, 6.45) is 4.15. The molecule has 1 aromatic carbocycles. The highest BCUT2D eigenvalue weighted by Crippen LogP contribution is 2.21. The van der Waals surface area contributed by atoms with Gasteiger partial charge in [0.1, 0.15) is 16.9 Å². The van der Waals surface area contributed by atoms with Crippen LogP contribution in [0.1, 0.15) is 29.8 Å². The Morgan fingerprint density at radius 2 is 2.15 bits per heavy atom. The minimum absolute atomic E-state index is 0.0175. The fraction of sp³-hybridized carbons (Fsp3) is 0.316. The van der Waals surface area contributed by atoms with Gasteiger partial charge >= 0.3 is 5.63 Å². The molecule has 0 saturated carbocycles. The van der Waals surface area contributed by atoms with Gasteiger partial charge in [0.25, 0.3) is 5.91 Å². The van der Waals surface area contributed by atoms with Crippen molar-refractivity contribution in [2.45, 2.75) is 26.4 Å². The van der Waals surface area contributed by atoms with Crippen molar-refractivity contribution in [1.82, 2.24) is 15.1 Å². The van der Waals surface area contributed by atoms with Gasteiger partial charge in [-0.2, -0.15) is 5.10 Å². The number of carbonyl (C=O) groups excluding carboxylic acids is 1. The number of H-pyrrole nitrogens is 1. The summed E-state index contributed by atoms with van der Waals surface area (Å²) in [4.78, 5) is 26.4. The number of amides is 1. The van der Waals surface area contributed by atoms with E-state index < -0.39 is 5.63 Å². The fourth-order valence-corrected chi connectivity index (χ4v) is 2.60. The number of benzene rings is 1. The van der Waals surface area contributed by atoms with E-state index in [9.17, 15) is 9.59 Å². The molecule has 0 bridgehead atoms. The molecule has 136 valence electrons. The van der Waals surface area contributed by atoms with Gasteiger partial charge < -0.3 is 14.1 Å². The Kier molecular flexibility index (Phi) is 5.06. The van der Waals surface area contributed by atoms with E-state index in [0.717, 1.165) is 5.56 Å². The number of fused-ring (bicyclic) bond motifs is 1. The van der Waals surface area contributed by atoms with Gasteiger partial charge in [0.05, 0.1) is 12.3 Å². The Bertz CT molecular complexity index is 961. The Labute approximate surface area is 150 Å². The molecule has 0 spiro atoms. The quantitative estimate of drug-likeness (QED) is 0.687. The van der Waals surface area contributed by atoms with E-state index in [-0.39, 0.29) is 17.6 Å². The zero-order valence-electron chi connectivity index (χ0n) is 15.0. The minimum atomic E-state index is -0.653. The summed E-state index contributed by atoms with van der Waals surface area (Å²) < 4.78 is 10.9. The standard InChI is InChI=1S/C19H21N3O4/c1-12(2)25-15-5-4-14-8-16(19(24)26-17(14)9-15)18(23)22(3)7-6-13-10-20-21-11-13/h4-5,8-12H,6-7H2,1-3H3,(H,20,21). The van der Waals surface area contributed by atoms with Gasteiger partial charge in [-0.1, -0.05) is 0 Å². The summed E-state index contributed by atoms with van der Waals surface area (Å²) in [6, 6.07) is 6.79. The average Bonchev–Trinajstić information content (AvgIpc) is 3.11. The normalized spacial score (nSPS) is 11.1. The lowest BCUT2D eigenvalue weighted by Crippen LogP contribution is -2.32. The third kappa shape index (κ3) is 3.93. The number of aromatic nitrogens is 2. The van der Waals surface area contributed by atoms with Crippen LogP contribution in [-0.2, 0) is 6.42 Å². The van der Waals surface area contributed by atoms with Crippen molar-refractivity contribution in [3.8, 4) is 5.75 Å². The first-order chi connectivity index (χ1) is 12.4. The van der Waals surface area contributed by atoms with Crippen molar-refractivity contribution in [2.24, 2.45) is 0 Å². The lowest BCUT2D eigenvalue weighted by molar-refractivity contribution is 0.0792. The third-order valence-corrected chi connectivity index (χ3v) is 3.95. The topological polar surface area (TPSA) is 88.4 Å². The highest BCUT2D eigenvalue weighted by atomic mass is 16.5. The first-order valence-electron chi connectivity index (χ1n) is 8.41. The molecule has 0 aliphatic rings. The van der Waals surface area contributed by atoms with E-state index in [1.165, 1.54) is 4.90 Å². The van der Waals surface area contributed by atoms with Gasteiger partial charge in [0.15, 0.2) is 0 Å². The summed E-state index contributed by atoms with van der Waals surface area (Å²) in [5, 5.41) is 7.28. The van der Waals surface area contributed by atoms with Crippen LogP contribution in [0.15, 0.2) is 45.9 Å². The van der Waals surface area contributed by atoms with Crippen molar-refractivity contribution >= 4 is 16.9 Å². The van der Waals surface area contributed by atoms with E-state index in [1.54, 1.807) is 43.7 Å². The van der Waals surface area contributed by atoms with Crippen LogP contribution in [-0.4, -0.2) is 40.7 Å². The Hall–Kier alpha value is -3.09. The molecule has 0 atom stereocenters. The molecule has 0 saturated heterocycles. The Morgan fingerprint density at radius 3 is 2.85 bits per heavy atom. The van der Waals surface area contributed by atoms with Crippen molar-refractivity contribution in [3.05, 3.63) is 58.2 Å². The van der Waals surface area contributed by atoms with Crippen molar-refractivity contribution in [1.29, 1.82) is 0 Å². The van der Waals surface area contributed by atoms with Gasteiger partial charge in [-0.15, -0.1) is 0 Å². The minimum Gasteiger partial charge on any atom is -0.491 e. The molecule has 0 aliphatic heterocycles. The number of ether oxygens (including phenoxy) is 1. The molecular weight excluding hydrogens is 334 g/mol. The highest BCUT2D eigenvalue weighted by molar-refractivity contribution is 5.96. The van der Waals surface area contributed by atoms with Crippen LogP contribution in [0.25, 0.3) is 11.0 Å². The Morgan fingerprint density at radius 1 is 1.35 bits per heavy atom. The van der Waals surface area contributed by atoms with Crippen molar-refractivity contribution in [2.75, 3.05) is 13.6 Å². The average molecular weight is 355 g/mol. The van der Waals surface area contributed by atoms with Gasteiger partial charge in [-0.3, -0.25) is 9.89 Å². The first-order valence-corrected chi connectivity index (χ1v) is 8.41. The lowest BCUT2D eigenvalue weighted by Gasteiger charge is -2.16. The summed E-state index contributed by atoms with van der Waals surface area (Å²) in [5.74, 6) is 0.249. The molecule has 26 heavy (non-hydrogen) atoms. The number of carbonyl (C=O) groups is 1. The van der Waals surface area contributed by atoms with Crippen LogP contribution in [0.2, 0.25) is 0 Å². The summed E-state index contributed by atoms with van der Waals surface area (Å²) >= 11 is 0. The molecule has 7 heteroatoms. The van der Waals surface area contributed by atoms with Crippen LogP contribution in [0.5, 0.6) is 5.75 Å².